The van der Waals surface area contributed by atoms with Gasteiger partial charge in [0, 0.05) is 29.5 Å². The summed E-state index contributed by atoms with van der Waals surface area (Å²) < 4.78 is 0. The van der Waals surface area contributed by atoms with Crippen LogP contribution < -0.4 is 10.6 Å². The molecule has 0 amide bonds. The average Bonchev–Trinajstić information content (AvgIpc) is 2.40. The van der Waals surface area contributed by atoms with E-state index < -0.39 is 0 Å². The Morgan fingerprint density at radius 2 is 1.60 bits per heavy atom. The van der Waals surface area contributed by atoms with E-state index in [1.807, 2.05) is 19.1 Å². The predicted octanol–water partition coefficient (Wildman–Crippen LogP) is 4.79. The van der Waals surface area contributed by atoms with Crippen LogP contribution in [0.3, 0.4) is 0 Å². The minimum Gasteiger partial charge on any atom is -0.383 e. The highest BCUT2D eigenvalue weighted by atomic mass is 35.5. The average molecular weight is 289 g/mol. The summed E-state index contributed by atoms with van der Waals surface area (Å²) in [5, 5.41) is 7.61. The summed E-state index contributed by atoms with van der Waals surface area (Å²) in [5.74, 6) is 0. The molecule has 0 bridgehead atoms. The third-order valence-electron chi connectivity index (χ3n) is 3.32. The molecule has 2 N–H and O–H groups in total. The molecule has 0 fully saturated rings. The zero-order valence-electron chi connectivity index (χ0n) is 12.3. The summed E-state index contributed by atoms with van der Waals surface area (Å²) in [6.07, 6.45) is 0. The molecular weight excluding hydrogens is 268 g/mol. The normalized spacial score (nSPS) is 10.4. The van der Waals surface area contributed by atoms with Crippen LogP contribution in [0.2, 0.25) is 5.02 Å². The fraction of sp³-hybridized carbons (Fsp3) is 0.294. The Labute approximate surface area is 126 Å². The molecule has 2 aromatic carbocycles. The van der Waals surface area contributed by atoms with Crippen molar-refractivity contribution in [3.8, 4) is 0 Å². The Morgan fingerprint density at radius 1 is 0.850 bits per heavy atom. The number of hydrogen-bond donors (Lipinski definition) is 2. The minimum atomic E-state index is 0.803. The van der Waals surface area contributed by atoms with Gasteiger partial charge in [-0.15, -0.1) is 0 Å². The summed E-state index contributed by atoms with van der Waals surface area (Å²) in [7, 11) is 0. The van der Waals surface area contributed by atoms with Gasteiger partial charge in [0.2, 0.25) is 0 Å². The molecule has 0 unspecified atom stereocenters. The van der Waals surface area contributed by atoms with Crippen molar-refractivity contribution >= 4 is 23.0 Å². The van der Waals surface area contributed by atoms with Crippen LogP contribution >= 0.6 is 11.6 Å². The topological polar surface area (TPSA) is 24.1 Å². The zero-order valence-corrected chi connectivity index (χ0v) is 13.0. The molecule has 0 aromatic heterocycles. The third-order valence-corrected chi connectivity index (χ3v) is 3.73. The SMILES string of the molecule is Cc1ccc(NCCNc2ccc(C)c(Cl)c2)c(C)c1. The lowest BCUT2D eigenvalue weighted by Gasteiger charge is -2.12. The second kappa shape index (κ2) is 6.67. The van der Waals surface area contributed by atoms with Gasteiger partial charge in [-0.1, -0.05) is 35.4 Å². The Balaban J connectivity index is 1.82. The van der Waals surface area contributed by atoms with Gasteiger partial charge >= 0.3 is 0 Å². The summed E-state index contributed by atoms with van der Waals surface area (Å²) >= 11 is 6.10. The van der Waals surface area contributed by atoms with Gasteiger partial charge in [0.1, 0.15) is 0 Å². The standard InChI is InChI=1S/C17H21ClN2/c1-12-4-7-17(14(3)10-12)20-9-8-19-15-6-5-13(2)16(18)11-15/h4-7,10-11,19-20H,8-9H2,1-3H3. The van der Waals surface area contributed by atoms with E-state index in [2.05, 4.69) is 48.7 Å². The maximum atomic E-state index is 6.10. The predicted molar refractivity (Wildman–Crippen MR) is 89.1 cm³/mol. The highest BCUT2D eigenvalue weighted by molar-refractivity contribution is 6.31. The van der Waals surface area contributed by atoms with Crippen molar-refractivity contribution in [3.63, 3.8) is 0 Å². The number of anilines is 2. The number of hydrogen-bond acceptors (Lipinski definition) is 2. The Bertz CT molecular complexity index is 594. The Hall–Kier alpha value is -1.67. The summed E-state index contributed by atoms with van der Waals surface area (Å²) in [5.41, 5.74) is 5.93. The van der Waals surface area contributed by atoms with E-state index in [1.54, 1.807) is 0 Å². The van der Waals surface area contributed by atoms with Crippen LogP contribution in [0.4, 0.5) is 11.4 Å². The molecule has 3 heteroatoms. The third kappa shape index (κ3) is 3.91. The Morgan fingerprint density at radius 3 is 2.30 bits per heavy atom. The van der Waals surface area contributed by atoms with Crippen molar-refractivity contribution in [1.82, 2.24) is 0 Å². The number of aryl methyl sites for hydroxylation is 3. The molecule has 0 aliphatic rings. The first-order valence-electron chi connectivity index (χ1n) is 6.87. The molecule has 2 rings (SSSR count). The molecule has 2 nitrogen and oxygen atoms in total. The first-order chi connectivity index (χ1) is 9.56. The lowest BCUT2D eigenvalue weighted by molar-refractivity contribution is 1.07. The molecule has 0 heterocycles. The zero-order chi connectivity index (χ0) is 14.5. The van der Waals surface area contributed by atoms with Crippen molar-refractivity contribution in [2.24, 2.45) is 0 Å². The van der Waals surface area contributed by atoms with Gasteiger partial charge in [-0.25, -0.2) is 0 Å². The van der Waals surface area contributed by atoms with Crippen molar-refractivity contribution in [3.05, 3.63) is 58.1 Å². The fourth-order valence-electron chi connectivity index (χ4n) is 2.12. The molecule has 0 saturated carbocycles. The van der Waals surface area contributed by atoms with Gasteiger partial charge in [0.15, 0.2) is 0 Å². The smallest absolute Gasteiger partial charge is 0.0455 e. The van der Waals surface area contributed by atoms with Gasteiger partial charge in [-0.2, -0.15) is 0 Å². The quantitative estimate of drug-likeness (QED) is 0.773. The monoisotopic (exact) mass is 288 g/mol. The van der Waals surface area contributed by atoms with Gasteiger partial charge in [0.25, 0.3) is 0 Å². The molecule has 0 radical (unpaired) electrons. The lowest BCUT2D eigenvalue weighted by atomic mass is 10.1. The first kappa shape index (κ1) is 14.7. The van der Waals surface area contributed by atoms with Gasteiger partial charge < -0.3 is 10.6 Å². The van der Waals surface area contributed by atoms with Crippen LogP contribution in [0, 0.1) is 20.8 Å². The van der Waals surface area contributed by atoms with Crippen molar-refractivity contribution in [1.29, 1.82) is 0 Å². The van der Waals surface area contributed by atoms with E-state index in [9.17, 15) is 0 Å². The van der Waals surface area contributed by atoms with Crippen LogP contribution in [0.5, 0.6) is 0 Å². The highest BCUT2D eigenvalue weighted by Gasteiger charge is 1.99. The molecule has 0 atom stereocenters. The number of benzene rings is 2. The van der Waals surface area contributed by atoms with Crippen LogP contribution in [0.15, 0.2) is 36.4 Å². The highest BCUT2D eigenvalue weighted by Crippen LogP contribution is 2.20. The van der Waals surface area contributed by atoms with Gasteiger partial charge in [-0.05, 0) is 50.1 Å². The maximum absolute atomic E-state index is 6.10. The molecule has 20 heavy (non-hydrogen) atoms. The Kier molecular flexibility index (Phi) is 4.91. The summed E-state index contributed by atoms with van der Waals surface area (Å²) in [6, 6.07) is 12.5. The van der Waals surface area contributed by atoms with Crippen LogP contribution in [0.1, 0.15) is 16.7 Å². The largest absolute Gasteiger partial charge is 0.383 e. The van der Waals surface area contributed by atoms with Crippen LogP contribution in [0.25, 0.3) is 0 Å². The fourth-order valence-corrected chi connectivity index (χ4v) is 2.30. The molecule has 106 valence electrons. The van der Waals surface area contributed by atoms with Crippen molar-refractivity contribution < 1.29 is 0 Å². The van der Waals surface area contributed by atoms with Crippen LogP contribution in [-0.4, -0.2) is 13.1 Å². The van der Waals surface area contributed by atoms with Crippen LogP contribution in [-0.2, 0) is 0 Å². The molecule has 0 saturated heterocycles. The van der Waals surface area contributed by atoms with E-state index in [4.69, 9.17) is 11.6 Å². The maximum Gasteiger partial charge on any atom is 0.0455 e. The van der Waals surface area contributed by atoms with Crippen molar-refractivity contribution in [2.75, 3.05) is 23.7 Å². The number of nitrogens with one attached hydrogen (secondary N) is 2. The van der Waals surface area contributed by atoms with E-state index in [-0.39, 0.29) is 0 Å². The minimum absolute atomic E-state index is 0.803. The molecule has 2 aromatic rings. The van der Waals surface area contributed by atoms with Gasteiger partial charge in [0.05, 0.1) is 0 Å². The number of rotatable bonds is 5. The lowest BCUT2D eigenvalue weighted by Crippen LogP contribution is -2.14. The summed E-state index contributed by atoms with van der Waals surface area (Å²) in [4.78, 5) is 0. The van der Waals surface area contributed by atoms with Crippen molar-refractivity contribution in [2.45, 2.75) is 20.8 Å². The summed E-state index contributed by atoms with van der Waals surface area (Å²) in [6.45, 7) is 7.97. The van der Waals surface area contributed by atoms with E-state index in [0.29, 0.717) is 0 Å². The van der Waals surface area contributed by atoms with Gasteiger partial charge in [-0.3, -0.25) is 0 Å². The molecule has 0 aliphatic carbocycles. The second-order valence-electron chi connectivity index (χ2n) is 5.14. The molecule has 0 spiro atoms. The molecular formula is C17H21ClN2. The van der Waals surface area contributed by atoms with E-state index in [1.165, 1.54) is 16.8 Å². The molecule has 0 aliphatic heterocycles. The van der Waals surface area contributed by atoms with E-state index >= 15 is 0 Å². The first-order valence-corrected chi connectivity index (χ1v) is 7.25. The number of halogens is 1. The van der Waals surface area contributed by atoms with E-state index in [0.717, 1.165) is 29.4 Å². The second-order valence-corrected chi connectivity index (χ2v) is 5.54.